The highest BCUT2D eigenvalue weighted by Crippen LogP contribution is 2.60. The van der Waals surface area contributed by atoms with Gasteiger partial charge in [0, 0.05) is 17.5 Å². The maximum atomic E-state index is 13.6. The van der Waals surface area contributed by atoms with Crippen molar-refractivity contribution in [3.63, 3.8) is 0 Å². The first-order chi connectivity index (χ1) is 18.9. The molecule has 7 heteroatoms. The van der Waals surface area contributed by atoms with E-state index < -0.39 is 28.7 Å². The van der Waals surface area contributed by atoms with E-state index in [9.17, 15) is 14.4 Å². The largest absolute Gasteiger partial charge is 0.468 e. The topological polar surface area (TPSA) is 88.1 Å². The van der Waals surface area contributed by atoms with Gasteiger partial charge in [-0.3, -0.25) is 14.4 Å². The van der Waals surface area contributed by atoms with Crippen molar-refractivity contribution in [3.8, 4) is 11.1 Å². The third-order valence-electron chi connectivity index (χ3n) is 7.48. The zero-order valence-corrected chi connectivity index (χ0v) is 21.9. The molecule has 7 nitrogen and oxygen atoms in total. The number of fused-ring (bicyclic) bond motifs is 1. The van der Waals surface area contributed by atoms with Crippen molar-refractivity contribution in [3.05, 3.63) is 108 Å². The Morgan fingerprint density at radius 2 is 1.13 bits per heavy atom. The van der Waals surface area contributed by atoms with Gasteiger partial charge in [0.2, 0.25) is 0 Å². The van der Waals surface area contributed by atoms with Gasteiger partial charge in [0.15, 0.2) is 5.41 Å². The van der Waals surface area contributed by atoms with E-state index in [1.54, 1.807) is 6.08 Å². The van der Waals surface area contributed by atoms with E-state index in [0.717, 1.165) is 16.7 Å². The van der Waals surface area contributed by atoms with Crippen LogP contribution in [0.15, 0.2) is 96.6 Å². The molecule has 0 radical (unpaired) electrons. The average molecular weight is 525 g/mol. The molecule has 0 bridgehead atoms. The summed E-state index contributed by atoms with van der Waals surface area (Å²) in [6.45, 7) is 0. The van der Waals surface area contributed by atoms with Gasteiger partial charge in [0.1, 0.15) is 16.9 Å². The summed E-state index contributed by atoms with van der Waals surface area (Å²) in [5.41, 5.74) is 0.748. The van der Waals surface area contributed by atoms with Crippen LogP contribution in [0.1, 0.15) is 24.0 Å². The smallest absolute Gasteiger partial charge is 0.323 e. The monoisotopic (exact) mass is 524 g/mol. The first kappa shape index (κ1) is 26.0. The van der Waals surface area contributed by atoms with Gasteiger partial charge < -0.3 is 18.9 Å². The number of methoxy groups -OCH3 is 3. The molecule has 198 valence electrons. The molecule has 0 spiro atoms. The number of carbonyl (C=O) groups is 3. The third-order valence-corrected chi connectivity index (χ3v) is 7.48. The van der Waals surface area contributed by atoms with Crippen LogP contribution in [0.5, 0.6) is 0 Å². The van der Waals surface area contributed by atoms with Crippen LogP contribution in [-0.4, -0.2) is 39.2 Å². The van der Waals surface area contributed by atoms with E-state index >= 15 is 0 Å². The lowest BCUT2D eigenvalue weighted by molar-refractivity contribution is -0.169. The molecule has 1 aliphatic heterocycles. The molecule has 0 N–H and O–H groups in total. The summed E-state index contributed by atoms with van der Waals surface area (Å²) < 4.78 is 21.9. The van der Waals surface area contributed by atoms with Crippen LogP contribution in [0, 0.1) is 10.8 Å². The second-order valence-electron chi connectivity index (χ2n) is 9.61. The number of carbonyl (C=O) groups excluding carboxylic acids is 3. The molecular formula is C32H28O7. The second kappa shape index (κ2) is 10.3. The van der Waals surface area contributed by atoms with Gasteiger partial charge in [-0.05, 0) is 29.2 Å². The zero-order valence-electron chi connectivity index (χ0n) is 21.9. The Labute approximate surface area is 226 Å². The van der Waals surface area contributed by atoms with Crippen molar-refractivity contribution in [2.45, 2.75) is 12.8 Å². The maximum absolute atomic E-state index is 13.6. The number of hydrogen-bond acceptors (Lipinski definition) is 7. The minimum atomic E-state index is -1.75. The van der Waals surface area contributed by atoms with E-state index in [0.29, 0.717) is 22.7 Å². The van der Waals surface area contributed by atoms with Gasteiger partial charge in [-0.15, -0.1) is 0 Å². The van der Waals surface area contributed by atoms with Crippen molar-refractivity contribution in [2.24, 2.45) is 10.8 Å². The number of ether oxygens (including phenoxy) is 4. The molecule has 1 fully saturated rings. The van der Waals surface area contributed by atoms with E-state index in [1.165, 1.54) is 21.3 Å². The maximum Gasteiger partial charge on any atom is 0.323 e. The van der Waals surface area contributed by atoms with E-state index in [2.05, 4.69) is 0 Å². The molecule has 1 saturated carbocycles. The van der Waals surface area contributed by atoms with E-state index in [1.807, 2.05) is 84.9 Å². The van der Waals surface area contributed by atoms with Crippen LogP contribution in [0.3, 0.4) is 0 Å². The SMILES string of the molecule is COC(=O)C12C=C(c3ccc(-c4ccccc4)cc3)OC(c3ccccc3)=C1CC(C(=O)OC)(C(=O)OC)C2. The van der Waals surface area contributed by atoms with Gasteiger partial charge >= 0.3 is 17.9 Å². The molecule has 2 aliphatic rings. The molecule has 3 aromatic carbocycles. The summed E-state index contributed by atoms with van der Waals surface area (Å²) in [4.78, 5) is 39.9. The van der Waals surface area contributed by atoms with Crippen LogP contribution < -0.4 is 0 Å². The van der Waals surface area contributed by atoms with Gasteiger partial charge in [-0.2, -0.15) is 0 Å². The summed E-state index contributed by atoms with van der Waals surface area (Å²) in [6.07, 6.45) is 1.32. The third kappa shape index (κ3) is 4.30. The normalized spacial score (nSPS) is 19.3. The Balaban J connectivity index is 1.70. The average Bonchev–Trinajstić information content (AvgIpc) is 3.38. The molecule has 0 aromatic heterocycles. The molecule has 1 aliphatic carbocycles. The van der Waals surface area contributed by atoms with Crippen molar-refractivity contribution in [1.29, 1.82) is 0 Å². The highest BCUT2D eigenvalue weighted by Gasteiger charge is 2.66. The standard InChI is InChI=1S/C32H28O7/c1-36-28(33)31-19-26(23-16-14-22(15-17-23)21-10-6-4-7-11-21)39-27(24-12-8-5-9-13-24)25(31)18-32(20-31,29(34)37-2)30(35)38-3/h4-17,19H,18,20H2,1-3H3. The minimum Gasteiger partial charge on any atom is -0.468 e. The highest BCUT2D eigenvalue weighted by molar-refractivity contribution is 6.05. The molecular weight excluding hydrogens is 496 g/mol. The number of hydrogen-bond donors (Lipinski definition) is 0. The molecule has 5 rings (SSSR count). The summed E-state index contributed by atoms with van der Waals surface area (Å²) in [6, 6.07) is 27.0. The second-order valence-corrected chi connectivity index (χ2v) is 9.61. The van der Waals surface area contributed by atoms with Crippen molar-refractivity contribution in [2.75, 3.05) is 21.3 Å². The molecule has 39 heavy (non-hydrogen) atoms. The van der Waals surface area contributed by atoms with Crippen LogP contribution in [0.25, 0.3) is 22.6 Å². The van der Waals surface area contributed by atoms with Crippen molar-refractivity contribution < 1.29 is 33.3 Å². The Kier molecular flexibility index (Phi) is 6.83. The molecule has 1 heterocycles. The van der Waals surface area contributed by atoms with Crippen molar-refractivity contribution in [1.82, 2.24) is 0 Å². The molecule has 0 saturated heterocycles. The number of esters is 3. The van der Waals surface area contributed by atoms with Gasteiger partial charge in [0.05, 0.1) is 21.3 Å². The fourth-order valence-corrected chi connectivity index (χ4v) is 5.57. The molecule has 0 amide bonds. The van der Waals surface area contributed by atoms with Crippen LogP contribution in [0.2, 0.25) is 0 Å². The fourth-order valence-electron chi connectivity index (χ4n) is 5.57. The predicted octanol–water partition coefficient (Wildman–Crippen LogP) is 5.42. The van der Waals surface area contributed by atoms with Crippen LogP contribution >= 0.6 is 0 Å². The van der Waals surface area contributed by atoms with Crippen LogP contribution in [0.4, 0.5) is 0 Å². The minimum absolute atomic E-state index is 0.123. The van der Waals surface area contributed by atoms with Gasteiger partial charge in [-0.1, -0.05) is 84.9 Å². The first-order valence-electron chi connectivity index (χ1n) is 12.5. The van der Waals surface area contributed by atoms with Crippen LogP contribution in [-0.2, 0) is 33.3 Å². The number of benzene rings is 3. The molecule has 1 atom stereocenters. The summed E-state index contributed by atoms with van der Waals surface area (Å²) in [5, 5.41) is 0. The summed E-state index contributed by atoms with van der Waals surface area (Å²) >= 11 is 0. The quantitative estimate of drug-likeness (QED) is 0.242. The molecule has 3 aromatic rings. The van der Waals surface area contributed by atoms with Gasteiger partial charge in [-0.25, -0.2) is 0 Å². The summed E-state index contributed by atoms with van der Waals surface area (Å²) in [5.74, 6) is -1.38. The van der Waals surface area contributed by atoms with E-state index in [-0.39, 0.29) is 12.8 Å². The Morgan fingerprint density at radius 1 is 0.641 bits per heavy atom. The Bertz CT molecular complexity index is 1450. The number of rotatable bonds is 6. The summed E-state index contributed by atoms with van der Waals surface area (Å²) in [7, 11) is 3.70. The lowest BCUT2D eigenvalue weighted by atomic mass is 9.76. The zero-order chi connectivity index (χ0) is 27.6. The highest BCUT2D eigenvalue weighted by atomic mass is 16.5. The van der Waals surface area contributed by atoms with Crippen molar-refractivity contribution >= 4 is 29.4 Å². The lowest BCUT2D eigenvalue weighted by Gasteiger charge is -2.32. The Hall–Kier alpha value is -4.65. The molecule has 1 unspecified atom stereocenters. The predicted molar refractivity (Wildman–Crippen MR) is 144 cm³/mol. The van der Waals surface area contributed by atoms with Gasteiger partial charge in [0.25, 0.3) is 0 Å². The lowest BCUT2D eigenvalue weighted by Crippen LogP contribution is -2.41. The Morgan fingerprint density at radius 3 is 1.67 bits per heavy atom. The first-order valence-corrected chi connectivity index (χ1v) is 12.5. The fraction of sp³-hybridized carbons (Fsp3) is 0.219. The van der Waals surface area contributed by atoms with E-state index in [4.69, 9.17) is 18.9 Å².